The zero-order chi connectivity index (χ0) is 15.8. The van der Waals surface area contributed by atoms with Crippen LogP contribution in [0.15, 0.2) is 28.8 Å². The molecule has 0 unspecified atom stereocenters. The maximum atomic E-state index is 5.60. The molecule has 0 aliphatic rings. The lowest BCUT2D eigenvalue weighted by molar-refractivity contribution is 0.323. The number of hydrogen-bond donors (Lipinski definition) is 1. The number of rotatable bonds is 9. The monoisotopic (exact) mass is 320 g/mol. The lowest BCUT2D eigenvalue weighted by Crippen LogP contribution is -2.25. The van der Waals surface area contributed by atoms with E-state index in [2.05, 4.69) is 28.9 Å². The van der Waals surface area contributed by atoms with Gasteiger partial charge in [0.2, 0.25) is 11.7 Å². The minimum Gasteiger partial charge on any atom is -0.338 e. The molecular weight excluding hydrogens is 296 g/mol. The van der Waals surface area contributed by atoms with Gasteiger partial charge in [-0.25, -0.2) is 0 Å². The molecule has 120 valence electrons. The highest BCUT2D eigenvalue weighted by Crippen LogP contribution is 2.18. The van der Waals surface area contributed by atoms with E-state index < -0.39 is 0 Å². The fourth-order valence-electron chi connectivity index (χ4n) is 2.11. The second-order valence-electron chi connectivity index (χ2n) is 4.99. The van der Waals surface area contributed by atoms with Gasteiger partial charge < -0.3 is 15.2 Å². The molecule has 1 aromatic heterocycles. The van der Waals surface area contributed by atoms with Crippen LogP contribution in [0.2, 0.25) is 0 Å². The van der Waals surface area contributed by atoms with Gasteiger partial charge in [0.1, 0.15) is 0 Å². The van der Waals surface area contributed by atoms with Crippen molar-refractivity contribution in [3.05, 3.63) is 35.7 Å². The third kappa shape index (κ3) is 4.83. The molecule has 0 radical (unpaired) electrons. The number of thioether (sulfide) groups is 1. The molecule has 0 saturated heterocycles. The van der Waals surface area contributed by atoms with Crippen LogP contribution in [-0.4, -0.2) is 40.4 Å². The van der Waals surface area contributed by atoms with E-state index >= 15 is 0 Å². The Labute approximate surface area is 136 Å². The maximum Gasteiger partial charge on any atom is 0.236 e. The van der Waals surface area contributed by atoms with E-state index in [0.717, 1.165) is 42.3 Å². The molecule has 6 heteroatoms. The number of nitrogens with zero attached hydrogens (tertiary/aromatic N) is 3. The van der Waals surface area contributed by atoms with E-state index in [1.54, 1.807) is 0 Å². The zero-order valence-electron chi connectivity index (χ0n) is 13.3. The molecule has 2 aromatic rings. The first-order chi connectivity index (χ1) is 10.8. The number of hydrogen-bond acceptors (Lipinski definition) is 6. The van der Waals surface area contributed by atoms with E-state index in [-0.39, 0.29) is 0 Å². The molecule has 0 aliphatic carbocycles. The average Bonchev–Trinajstić information content (AvgIpc) is 3.04. The highest BCUT2D eigenvalue weighted by Gasteiger charge is 2.09. The lowest BCUT2D eigenvalue weighted by atomic mass is 10.1. The van der Waals surface area contributed by atoms with Crippen LogP contribution in [0.4, 0.5) is 0 Å². The standard InChI is InChI=1S/C16H24N4OS/c1-3-20(4-2)9-10-22-12-15-18-16(19-21-15)14-7-5-13(11-17)6-8-14/h5-8H,3-4,9-12,17H2,1-2H3. The summed E-state index contributed by atoms with van der Waals surface area (Å²) in [4.78, 5) is 6.86. The summed E-state index contributed by atoms with van der Waals surface area (Å²) in [5.74, 6) is 3.16. The Kier molecular flexibility index (Phi) is 6.89. The van der Waals surface area contributed by atoms with Gasteiger partial charge in [0.15, 0.2) is 0 Å². The molecule has 1 aromatic carbocycles. The van der Waals surface area contributed by atoms with Crippen molar-refractivity contribution in [2.45, 2.75) is 26.1 Å². The van der Waals surface area contributed by atoms with Crippen LogP contribution in [0.3, 0.4) is 0 Å². The normalized spacial score (nSPS) is 11.3. The SMILES string of the molecule is CCN(CC)CCSCc1nc(-c2ccc(CN)cc2)no1. The van der Waals surface area contributed by atoms with Crippen LogP contribution in [0, 0.1) is 0 Å². The predicted octanol–water partition coefficient (Wildman–Crippen LogP) is 2.77. The van der Waals surface area contributed by atoms with Crippen molar-refractivity contribution >= 4 is 11.8 Å². The molecule has 1 heterocycles. The van der Waals surface area contributed by atoms with E-state index in [1.807, 2.05) is 36.0 Å². The lowest BCUT2D eigenvalue weighted by Gasteiger charge is -2.16. The largest absolute Gasteiger partial charge is 0.338 e. The van der Waals surface area contributed by atoms with Crippen molar-refractivity contribution in [2.75, 3.05) is 25.4 Å². The van der Waals surface area contributed by atoms with Crippen molar-refractivity contribution in [2.24, 2.45) is 5.73 Å². The van der Waals surface area contributed by atoms with E-state index in [1.165, 1.54) is 0 Å². The summed E-state index contributed by atoms with van der Waals surface area (Å²) in [5.41, 5.74) is 7.65. The van der Waals surface area contributed by atoms with Gasteiger partial charge in [0.25, 0.3) is 0 Å². The van der Waals surface area contributed by atoms with Gasteiger partial charge in [-0.15, -0.1) is 0 Å². The van der Waals surface area contributed by atoms with Crippen LogP contribution in [0.1, 0.15) is 25.3 Å². The van der Waals surface area contributed by atoms with Crippen molar-refractivity contribution in [3.8, 4) is 11.4 Å². The molecule has 0 saturated carbocycles. The molecular formula is C16H24N4OS. The Morgan fingerprint density at radius 1 is 1.18 bits per heavy atom. The van der Waals surface area contributed by atoms with Gasteiger partial charge >= 0.3 is 0 Å². The van der Waals surface area contributed by atoms with Crippen LogP contribution >= 0.6 is 11.8 Å². The van der Waals surface area contributed by atoms with Crippen LogP contribution in [-0.2, 0) is 12.3 Å². The average molecular weight is 320 g/mol. The molecule has 0 amide bonds. The third-order valence-electron chi connectivity index (χ3n) is 3.59. The Hall–Kier alpha value is -1.37. The number of nitrogens with two attached hydrogens (primary N) is 1. The third-order valence-corrected chi connectivity index (χ3v) is 4.51. The summed E-state index contributed by atoms with van der Waals surface area (Å²) in [7, 11) is 0. The summed E-state index contributed by atoms with van der Waals surface area (Å²) in [6.45, 7) is 8.21. The maximum absolute atomic E-state index is 5.60. The van der Waals surface area contributed by atoms with E-state index in [9.17, 15) is 0 Å². The van der Waals surface area contributed by atoms with Crippen LogP contribution in [0.25, 0.3) is 11.4 Å². The quantitative estimate of drug-likeness (QED) is 0.717. The van der Waals surface area contributed by atoms with Crippen molar-refractivity contribution in [1.82, 2.24) is 15.0 Å². The predicted molar refractivity (Wildman–Crippen MR) is 91.6 cm³/mol. The summed E-state index contributed by atoms with van der Waals surface area (Å²) >= 11 is 1.83. The molecule has 0 aliphatic heterocycles. The van der Waals surface area contributed by atoms with Gasteiger partial charge in [0, 0.05) is 24.4 Å². The van der Waals surface area contributed by atoms with Gasteiger partial charge in [-0.05, 0) is 18.7 Å². The van der Waals surface area contributed by atoms with E-state index in [0.29, 0.717) is 18.3 Å². The topological polar surface area (TPSA) is 68.2 Å². The van der Waals surface area contributed by atoms with Crippen LogP contribution < -0.4 is 5.73 Å². The Balaban J connectivity index is 1.83. The molecule has 0 bridgehead atoms. The summed E-state index contributed by atoms with van der Waals surface area (Å²) < 4.78 is 5.32. The minimum absolute atomic E-state index is 0.543. The smallest absolute Gasteiger partial charge is 0.236 e. The fourth-order valence-corrected chi connectivity index (χ4v) is 2.94. The van der Waals surface area contributed by atoms with Gasteiger partial charge in [-0.2, -0.15) is 16.7 Å². The molecule has 0 fully saturated rings. The fraction of sp³-hybridized carbons (Fsp3) is 0.500. The van der Waals surface area contributed by atoms with Crippen molar-refractivity contribution < 1.29 is 4.52 Å². The summed E-state index contributed by atoms with van der Waals surface area (Å²) in [6.07, 6.45) is 0. The minimum atomic E-state index is 0.543. The highest BCUT2D eigenvalue weighted by molar-refractivity contribution is 7.98. The summed E-state index contributed by atoms with van der Waals surface area (Å²) in [6, 6.07) is 7.93. The molecule has 0 atom stereocenters. The van der Waals surface area contributed by atoms with Crippen molar-refractivity contribution in [3.63, 3.8) is 0 Å². The first-order valence-electron chi connectivity index (χ1n) is 7.68. The summed E-state index contributed by atoms with van der Waals surface area (Å²) in [5, 5.41) is 4.05. The van der Waals surface area contributed by atoms with Gasteiger partial charge in [-0.3, -0.25) is 0 Å². The van der Waals surface area contributed by atoms with Gasteiger partial charge in [-0.1, -0.05) is 43.3 Å². The molecule has 22 heavy (non-hydrogen) atoms. The Morgan fingerprint density at radius 3 is 2.55 bits per heavy atom. The molecule has 2 N–H and O–H groups in total. The number of benzene rings is 1. The van der Waals surface area contributed by atoms with Gasteiger partial charge in [0.05, 0.1) is 5.75 Å². The molecule has 2 rings (SSSR count). The Bertz CT molecular complexity index is 552. The molecule has 5 nitrogen and oxygen atoms in total. The first-order valence-corrected chi connectivity index (χ1v) is 8.84. The highest BCUT2D eigenvalue weighted by atomic mass is 32.2. The van der Waals surface area contributed by atoms with Crippen molar-refractivity contribution in [1.29, 1.82) is 0 Å². The number of aromatic nitrogens is 2. The zero-order valence-corrected chi connectivity index (χ0v) is 14.1. The Morgan fingerprint density at radius 2 is 1.91 bits per heavy atom. The first kappa shape index (κ1) is 17.0. The van der Waals surface area contributed by atoms with Crippen LogP contribution in [0.5, 0.6) is 0 Å². The second-order valence-corrected chi connectivity index (χ2v) is 6.10. The van der Waals surface area contributed by atoms with E-state index in [4.69, 9.17) is 10.3 Å². The second kappa shape index (κ2) is 8.92. The molecule has 0 spiro atoms.